The van der Waals surface area contributed by atoms with Gasteiger partial charge in [-0.05, 0) is 32.4 Å². The molecule has 0 bridgehead atoms. The second-order valence-corrected chi connectivity index (χ2v) is 11.7. The van der Waals surface area contributed by atoms with Crippen molar-refractivity contribution in [2.45, 2.75) is 0 Å². The first-order valence-corrected chi connectivity index (χ1v) is 12.7. The van der Waals surface area contributed by atoms with Crippen molar-refractivity contribution in [3.05, 3.63) is 127 Å². The first-order valence-electron chi connectivity index (χ1n) is 10.7. The molecule has 3 heteroatoms. The number of rotatable bonds is 5. The fraction of sp³-hybridized carbons (Fsp3) is 0.0714. The molecule has 0 amide bonds. The van der Waals surface area contributed by atoms with Crippen molar-refractivity contribution in [2.24, 2.45) is 0 Å². The van der Waals surface area contributed by atoms with Crippen molar-refractivity contribution in [2.75, 3.05) is 13.6 Å². The van der Waals surface area contributed by atoms with Gasteiger partial charge < -0.3 is 5.01 Å². The number of hydrazine groups is 1. The molecule has 152 valence electrons. The summed E-state index contributed by atoms with van der Waals surface area (Å²) in [5.74, 6) is 0. The van der Waals surface area contributed by atoms with Gasteiger partial charge >= 0.3 is 0 Å². The molecule has 4 aromatic rings. The predicted molar refractivity (Wildman–Crippen MR) is 134 cm³/mol. The summed E-state index contributed by atoms with van der Waals surface area (Å²) in [6, 6.07) is 42.4. The zero-order valence-corrected chi connectivity index (χ0v) is 18.7. The van der Waals surface area contributed by atoms with E-state index < -0.39 is 8.07 Å². The first-order chi connectivity index (χ1) is 15.3. The zero-order chi connectivity index (χ0) is 21.1. The van der Waals surface area contributed by atoms with Gasteiger partial charge in [0.15, 0.2) is 8.07 Å². The Balaban J connectivity index is 1.83. The van der Waals surface area contributed by atoms with E-state index in [1.54, 1.807) is 0 Å². The van der Waals surface area contributed by atoms with E-state index in [4.69, 9.17) is 0 Å². The van der Waals surface area contributed by atoms with Gasteiger partial charge in [-0.15, -0.1) is 0 Å². The quantitative estimate of drug-likeness (QED) is 0.396. The number of nitrogens with one attached hydrogen (secondary N) is 1. The van der Waals surface area contributed by atoms with E-state index in [0.29, 0.717) is 0 Å². The first kappa shape index (κ1) is 19.6. The van der Waals surface area contributed by atoms with E-state index in [1.165, 1.54) is 32.0 Å². The number of benzene rings is 4. The van der Waals surface area contributed by atoms with Crippen LogP contribution in [0, 0.1) is 0 Å². The summed E-state index contributed by atoms with van der Waals surface area (Å²) in [4.78, 5) is 0. The highest BCUT2D eigenvalue weighted by Crippen LogP contribution is 2.20. The van der Waals surface area contributed by atoms with Crippen molar-refractivity contribution in [3.63, 3.8) is 0 Å². The van der Waals surface area contributed by atoms with Crippen LogP contribution in [0.5, 0.6) is 0 Å². The second kappa shape index (κ2) is 8.38. The van der Waals surface area contributed by atoms with Crippen LogP contribution >= 0.6 is 0 Å². The maximum Gasteiger partial charge on any atom is 0.179 e. The third kappa shape index (κ3) is 3.42. The normalized spacial score (nSPS) is 13.8. The Morgan fingerprint density at radius 1 is 0.613 bits per heavy atom. The molecule has 0 aliphatic carbocycles. The Morgan fingerprint density at radius 3 is 1.55 bits per heavy atom. The molecule has 0 saturated heterocycles. The van der Waals surface area contributed by atoms with E-state index in [0.717, 1.165) is 6.54 Å². The largest absolute Gasteiger partial charge is 0.311 e. The maximum absolute atomic E-state index is 3.37. The standard InChI is InChI=1S/C28H26N2Si/c1-30-28(20-21-29-30)23-12-11-19-27(22-23)31(24-13-5-2-6-14-24,25-15-7-3-8-16-25)26-17-9-4-10-18-26/h2-20,22,29H,21H2,1H3. The van der Waals surface area contributed by atoms with Crippen molar-refractivity contribution in [1.82, 2.24) is 10.4 Å². The summed E-state index contributed by atoms with van der Waals surface area (Å²) < 4.78 is 0. The lowest BCUT2D eigenvalue weighted by Gasteiger charge is -2.34. The van der Waals surface area contributed by atoms with E-state index in [2.05, 4.69) is 139 Å². The minimum atomic E-state index is -2.47. The third-order valence-electron chi connectivity index (χ3n) is 6.20. The molecule has 0 radical (unpaired) electrons. The van der Waals surface area contributed by atoms with Crippen molar-refractivity contribution in [3.8, 4) is 0 Å². The van der Waals surface area contributed by atoms with Crippen LogP contribution in [-0.4, -0.2) is 26.7 Å². The summed E-state index contributed by atoms with van der Waals surface area (Å²) in [5.41, 5.74) is 5.86. The van der Waals surface area contributed by atoms with E-state index >= 15 is 0 Å². The molecule has 0 spiro atoms. The van der Waals surface area contributed by atoms with Gasteiger partial charge in [0.05, 0.1) is 5.70 Å². The van der Waals surface area contributed by atoms with Gasteiger partial charge in [0.1, 0.15) is 0 Å². The summed E-state index contributed by atoms with van der Waals surface area (Å²) in [6.07, 6.45) is 2.26. The van der Waals surface area contributed by atoms with E-state index in [-0.39, 0.29) is 0 Å². The SMILES string of the molecule is CN1NCC=C1c1cccc([Si](c2ccccc2)(c2ccccc2)c2ccccc2)c1. The van der Waals surface area contributed by atoms with Crippen LogP contribution in [0.15, 0.2) is 121 Å². The average molecular weight is 419 g/mol. The van der Waals surface area contributed by atoms with Gasteiger partial charge in [-0.2, -0.15) is 0 Å². The van der Waals surface area contributed by atoms with Crippen LogP contribution in [0.3, 0.4) is 0 Å². The van der Waals surface area contributed by atoms with Gasteiger partial charge in [-0.3, -0.25) is 0 Å². The minimum absolute atomic E-state index is 0.870. The van der Waals surface area contributed by atoms with Crippen LogP contribution < -0.4 is 26.2 Å². The van der Waals surface area contributed by atoms with Crippen molar-refractivity contribution in [1.29, 1.82) is 0 Å². The lowest BCUT2D eigenvalue weighted by atomic mass is 10.1. The highest BCUT2D eigenvalue weighted by molar-refractivity contribution is 7.19. The Labute approximate surface area is 185 Å². The maximum atomic E-state index is 3.37. The smallest absolute Gasteiger partial charge is 0.179 e. The van der Waals surface area contributed by atoms with Crippen LogP contribution in [0.25, 0.3) is 5.70 Å². The molecular weight excluding hydrogens is 392 g/mol. The van der Waals surface area contributed by atoms with Gasteiger partial charge in [0.2, 0.25) is 0 Å². The van der Waals surface area contributed by atoms with Gasteiger partial charge in [-0.1, -0.05) is 115 Å². The summed E-state index contributed by atoms with van der Waals surface area (Å²) in [7, 11) is -0.385. The molecule has 1 aliphatic heterocycles. The van der Waals surface area contributed by atoms with E-state index in [9.17, 15) is 0 Å². The minimum Gasteiger partial charge on any atom is -0.311 e. The molecule has 0 saturated carbocycles. The third-order valence-corrected chi connectivity index (χ3v) is 11.0. The molecule has 31 heavy (non-hydrogen) atoms. The Kier molecular flexibility index (Phi) is 5.29. The van der Waals surface area contributed by atoms with Crippen molar-refractivity contribution >= 4 is 34.5 Å². The van der Waals surface area contributed by atoms with Gasteiger partial charge in [-0.25, -0.2) is 5.43 Å². The Hall–Kier alpha value is -3.40. The molecule has 0 atom stereocenters. The summed E-state index contributed by atoms with van der Waals surface area (Å²) in [5, 5.41) is 7.72. The second-order valence-electron chi connectivity index (χ2n) is 7.94. The van der Waals surface area contributed by atoms with Crippen molar-refractivity contribution < 1.29 is 0 Å². The lowest BCUT2D eigenvalue weighted by Crippen LogP contribution is -2.74. The van der Waals surface area contributed by atoms with Crippen LogP contribution in [0.1, 0.15) is 5.56 Å². The molecule has 1 heterocycles. The Bertz CT molecular complexity index is 1090. The predicted octanol–water partition coefficient (Wildman–Crippen LogP) is 2.85. The molecule has 2 nitrogen and oxygen atoms in total. The average Bonchev–Trinajstić information content (AvgIpc) is 3.28. The van der Waals surface area contributed by atoms with E-state index in [1.807, 2.05) is 0 Å². The molecule has 0 aromatic heterocycles. The topological polar surface area (TPSA) is 15.3 Å². The molecule has 1 N–H and O–H groups in total. The number of hydrogen-bond acceptors (Lipinski definition) is 2. The Morgan fingerprint density at radius 2 is 1.10 bits per heavy atom. The lowest BCUT2D eigenvalue weighted by molar-refractivity contribution is 0.392. The molecule has 4 aromatic carbocycles. The molecule has 0 fully saturated rings. The van der Waals surface area contributed by atoms with Gasteiger partial charge in [0, 0.05) is 13.6 Å². The van der Waals surface area contributed by atoms with Crippen LogP contribution in [0.2, 0.25) is 0 Å². The summed E-state index contributed by atoms with van der Waals surface area (Å²) in [6.45, 7) is 0.870. The monoisotopic (exact) mass is 418 g/mol. The fourth-order valence-corrected chi connectivity index (χ4v) is 9.58. The van der Waals surface area contributed by atoms with Gasteiger partial charge in [0.25, 0.3) is 0 Å². The molecular formula is C28H26N2Si. The number of nitrogens with zero attached hydrogens (tertiary/aromatic N) is 1. The molecule has 5 rings (SSSR count). The molecule has 1 aliphatic rings. The molecule has 0 unspecified atom stereocenters. The number of hydrogen-bond donors (Lipinski definition) is 1. The van der Waals surface area contributed by atoms with Crippen LogP contribution in [0.4, 0.5) is 0 Å². The highest BCUT2D eigenvalue weighted by Gasteiger charge is 2.41. The highest BCUT2D eigenvalue weighted by atomic mass is 28.3. The van der Waals surface area contributed by atoms with Crippen LogP contribution in [-0.2, 0) is 0 Å². The summed E-state index contributed by atoms with van der Waals surface area (Å²) >= 11 is 0. The fourth-order valence-electron chi connectivity index (χ4n) is 4.79. The zero-order valence-electron chi connectivity index (χ0n) is 17.7.